The van der Waals surface area contributed by atoms with Crippen LogP contribution in [0.4, 0.5) is 13.2 Å². The van der Waals surface area contributed by atoms with Crippen LogP contribution in [0.2, 0.25) is 0 Å². The van der Waals surface area contributed by atoms with Crippen LogP contribution in [0, 0.1) is 0 Å². The van der Waals surface area contributed by atoms with E-state index in [0.29, 0.717) is 5.75 Å². The molecule has 0 spiro atoms. The molecule has 1 aromatic carbocycles. The van der Waals surface area contributed by atoms with E-state index in [9.17, 15) is 17.7 Å². The zero-order valence-electron chi connectivity index (χ0n) is 10.1. The fourth-order valence-corrected chi connectivity index (χ4v) is 4.55. The molecule has 0 heterocycles. The minimum atomic E-state index is -4.40. The molecule has 1 aromatic rings. The average Bonchev–Trinajstić information content (AvgIpc) is 2.28. The van der Waals surface area contributed by atoms with Crippen molar-refractivity contribution in [1.82, 2.24) is 0 Å². The third-order valence-electron chi connectivity index (χ3n) is 2.14. The first-order valence-electron chi connectivity index (χ1n) is 5.55. The van der Waals surface area contributed by atoms with E-state index < -0.39 is 17.7 Å². The van der Waals surface area contributed by atoms with Crippen LogP contribution in [0.3, 0.4) is 0 Å². The number of halogens is 4. The minimum Gasteiger partial charge on any atom is -0.426 e. The first-order chi connectivity index (χ1) is 8.74. The number of hydrogen-bond donors (Lipinski definition) is 0. The van der Waals surface area contributed by atoms with Crippen LogP contribution in [0.25, 0.3) is 0 Å². The van der Waals surface area contributed by atoms with Gasteiger partial charge in [-0.1, -0.05) is 13.3 Å². The third kappa shape index (κ3) is 6.11. The van der Waals surface area contributed by atoms with Crippen molar-refractivity contribution in [2.45, 2.75) is 25.9 Å². The van der Waals surface area contributed by atoms with E-state index in [4.69, 9.17) is 15.8 Å². The fraction of sp³-hybridized carbons (Fsp3) is 0.455. The molecule has 0 radical (unpaired) electrons. The van der Waals surface area contributed by atoms with Crippen LogP contribution in [0.15, 0.2) is 24.3 Å². The highest BCUT2D eigenvalue weighted by Crippen LogP contribution is 2.63. The standard InChI is InChI=1S/C11H13ClF3O2PS/c1-2-3-8-19-18(12,16)17-10-6-4-9(5-7-10)11(13,14)15/h4-7H,2-3,8H2,1H3. The highest BCUT2D eigenvalue weighted by Gasteiger charge is 2.30. The van der Waals surface area contributed by atoms with E-state index in [1.165, 1.54) is 0 Å². The Labute approximate surface area is 118 Å². The Morgan fingerprint density at radius 1 is 1.32 bits per heavy atom. The molecule has 0 aromatic heterocycles. The van der Waals surface area contributed by atoms with E-state index >= 15 is 0 Å². The van der Waals surface area contributed by atoms with Crippen LogP contribution >= 0.6 is 28.5 Å². The smallest absolute Gasteiger partial charge is 0.416 e. The van der Waals surface area contributed by atoms with Gasteiger partial charge in [0.05, 0.1) is 5.56 Å². The van der Waals surface area contributed by atoms with Gasteiger partial charge in [0.25, 0.3) is 0 Å². The largest absolute Gasteiger partial charge is 0.426 e. The maximum atomic E-state index is 12.3. The molecule has 0 N–H and O–H groups in total. The molecule has 0 bridgehead atoms. The Bertz CT molecular complexity index is 450. The second-order valence-corrected chi connectivity index (χ2v) is 9.59. The van der Waals surface area contributed by atoms with E-state index in [2.05, 4.69) is 0 Å². The van der Waals surface area contributed by atoms with E-state index in [0.717, 1.165) is 48.5 Å². The molecule has 19 heavy (non-hydrogen) atoms. The summed E-state index contributed by atoms with van der Waals surface area (Å²) in [4.78, 5) is 0. The maximum Gasteiger partial charge on any atom is 0.416 e. The lowest BCUT2D eigenvalue weighted by atomic mass is 10.2. The molecular formula is C11H13ClF3O2PS. The van der Waals surface area contributed by atoms with Crippen molar-refractivity contribution >= 4 is 28.5 Å². The number of unbranched alkanes of at least 4 members (excludes halogenated alkanes) is 1. The van der Waals surface area contributed by atoms with Crippen molar-refractivity contribution in [1.29, 1.82) is 0 Å². The van der Waals surface area contributed by atoms with Gasteiger partial charge in [0.15, 0.2) is 0 Å². The van der Waals surface area contributed by atoms with Crippen LogP contribution < -0.4 is 4.52 Å². The monoisotopic (exact) mass is 332 g/mol. The average molecular weight is 333 g/mol. The van der Waals surface area contributed by atoms with Gasteiger partial charge in [0, 0.05) is 5.75 Å². The summed E-state index contributed by atoms with van der Waals surface area (Å²) in [5.41, 5.74) is -0.789. The third-order valence-corrected chi connectivity index (χ3v) is 6.13. The lowest BCUT2D eigenvalue weighted by molar-refractivity contribution is -0.137. The fourth-order valence-electron chi connectivity index (χ4n) is 1.17. The predicted molar refractivity (Wildman–Crippen MR) is 72.9 cm³/mol. The SMILES string of the molecule is CCCCSP(=O)(Cl)Oc1ccc(C(F)(F)F)cc1. The van der Waals surface area contributed by atoms with E-state index in [1.807, 2.05) is 6.92 Å². The minimum absolute atomic E-state index is 0.0651. The summed E-state index contributed by atoms with van der Waals surface area (Å²) in [5.74, 6) is -2.75. The molecule has 1 unspecified atom stereocenters. The molecule has 0 aliphatic carbocycles. The first kappa shape index (κ1) is 16.7. The van der Waals surface area contributed by atoms with Crippen LogP contribution in [-0.2, 0) is 10.7 Å². The molecule has 0 saturated heterocycles. The quantitative estimate of drug-likeness (QED) is 0.474. The number of alkyl halides is 3. The summed E-state index contributed by atoms with van der Waals surface area (Å²) in [6.07, 6.45) is -2.62. The van der Waals surface area contributed by atoms with Crippen molar-refractivity contribution in [2.75, 3.05) is 5.75 Å². The van der Waals surface area contributed by atoms with Gasteiger partial charge in [0.1, 0.15) is 5.75 Å². The highest BCUT2D eigenvalue weighted by atomic mass is 35.7. The Hall–Kier alpha value is -0.320. The summed E-state index contributed by atoms with van der Waals surface area (Å²) in [5, 5.41) is 0. The van der Waals surface area contributed by atoms with Crippen LogP contribution in [0.1, 0.15) is 25.3 Å². The lowest BCUT2D eigenvalue weighted by Gasteiger charge is -2.12. The predicted octanol–water partition coefficient (Wildman–Crippen LogP) is 5.96. The van der Waals surface area contributed by atoms with Crippen molar-refractivity contribution in [2.24, 2.45) is 0 Å². The zero-order valence-corrected chi connectivity index (χ0v) is 12.6. The summed E-state index contributed by atoms with van der Waals surface area (Å²) in [6.45, 7) is 1.98. The van der Waals surface area contributed by atoms with Crippen molar-refractivity contribution < 1.29 is 22.3 Å². The molecule has 0 aliphatic heterocycles. The second kappa shape index (κ2) is 6.91. The van der Waals surface area contributed by atoms with Gasteiger partial charge in [-0.2, -0.15) is 13.2 Å². The van der Waals surface area contributed by atoms with Gasteiger partial charge in [-0.3, -0.25) is 0 Å². The van der Waals surface area contributed by atoms with Crippen molar-refractivity contribution in [3.05, 3.63) is 29.8 Å². The molecule has 1 rings (SSSR count). The van der Waals surface area contributed by atoms with Gasteiger partial charge >= 0.3 is 12.1 Å². The summed E-state index contributed by atoms with van der Waals surface area (Å²) >= 11 is 6.69. The molecule has 8 heteroatoms. The second-order valence-electron chi connectivity index (χ2n) is 3.73. The molecule has 108 valence electrons. The van der Waals surface area contributed by atoms with E-state index in [1.54, 1.807) is 0 Å². The number of benzene rings is 1. The molecule has 0 saturated carbocycles. The molecule has 0 fully saturated rings. The number of rotatable bonds is 6. The normalized spacial score (nSPS) is 15.0. The molecule has 2 nitrogen and oxygen atoms in total. The maximum absolute atomic E-state index is 12.3. The Morgan fingerprint density at radius 2 is 1.89 bits per heavy atom. The van der Waals surface area contributed by atoms with Crippen LogP contribution in [0.5, 0.6) is 5.75 Å². The zero-order chi connectivity index (χ0) is 14.5. The molecule has 0 aliphatic rings. The van der Waals surface area contributed by atoms with Crippen LogP contribution in [-0.4, -0.2) is 5.75 Å². The van der Waals surface area contributed by atoms with Gasteiger partial charge in [-0.25, -0.2) is 4.57 Å². The van der Waals surface area contributed by atoms with Crippen molar-refractivity contribution in [3.63, 3.8) is 0 Å². The van der Waals surface area contributed by atoms with Gasteiger partial charge in [-0.15, -0.1) is 0 Å². The van der Waals surface area contributed by atoms with Gasteiger partial charge in [0.2, 0.25) is 0 Å². The van der Waals surface area contributed by atoms with E-state index in [-0.39, 0.29) is 5.75 Å². The topological polar surface area (TPSA) is 26.3 Å². The highest BCUT2D eigenvalue weighted by molar-refractivity contribution is 8.63. The summed E-state index contributed by atoms with van der Waals surface area (Å²) in [6, 6.07) is 3.95. The Morgan fingerprint density at radius 3 is 2.37 bits per heavy atom. The molecule has 1 atom stereocenters. The summed E-state index contributed by atoms with van der Waals surface area (Å²) in [7, 11) is 0. The van der Waals surface area contributed by atoms with Gasteiger partial charge in [-0.05, 0) is 53.3 Å². The molecular weight excluding hydrogens is 320 g/mol. The van der Waals surface area contributed by atoms with Crippen molar-refractivity contribution in [3.8, 4) is 5.75 Å². The Kier molecular flexibility index (Phi) is 6.09. The first-order valence-corrected chi connectivity index (χ1v) is 9.68. The summed E-state index contributed by atoms with van der Waals surface area (Å²) < 4.78 is 53.9. The Balaban J connectivity index is 2.64. The van der Waals surface area contributed by atoms with Gasteiger partial charge < -0.3 is 4.52 Å². The lowest BCUT2D eigenvalue weighted by Crippen LogP contribution is -2.03. The number of hydrogen-bond acceptors (Lipinski definition) is 3. The molecule has 0 amide bonds.